The minimum Gasteiger partial charge on any atom is -0.489 e. The summed E-state index contributed by atoms with van der Waals surface area (Å²) in [7, 11) is 1.28. The number of hydrazone groups is 1. The van der Waals surface area contributed by atoms with Gasteiger partial charge in [-0.15, -0.1) is 11.3 Å². The molecule has 0 bridgehead atoms. The van der Waals surface area contributed by atoms with E-state index in [-0.39, 0.29) is 6.61 Å². The van der Waals surface area contributed by atoms with E-state index in [1.165, 1.54) is 18.4 Å². The molecule has 0 saturated heterocycles. The lowest BCUT2D eigenvalue weighted by Crippen LogP contribution is -2.33. The summed E-state index contributed by atoms with van der Waals surface area (Å²) >= 11 is 13.6. The zero-order valence-electron chi connectivity index (χ0n) is 20.0. The molecule has 11 heteroatoms. The van der Waals surface area contributed by atoms with Gasteiger partial charge in [0.15, 0.2) is 0 Å². The molecule has 2 aromatic carbocycles. The minimum absolute atomic E-state index is 0.209. The van der Waals surface area contributed by atoms with E-state index in [0.29, 0.717) is 43.2 Å². The molecule has 0 fully saturated rings. The molecule has 8 nitrogen and oxygen atoms in total. The fourth-order valence-corrected chi connectivity index (χ4v) is 5.62. The van der Waals surface area contributed by atoms with Gasteiger partial charge >= 0.3 is 17.8 Å². The quantitative estimate of drug-likeness (QED) is 0.175. The zero-order valence-corrected chi connectivity index (χ0v) is 22.4. The van der Waals surface area contributed by atoms with E-state index in [9.17, 15) is 14.4 Å². The van der Waals surface area contributed by atoms with Gasteiger partial charge in [0.1, 0.15) is 17.4 Å². The van der Waals surface area contributed by atoms with Crippen LogP contribution in [0.15, 0.2) is 47.6 Å². The molecule has 4 rings (SSSR count). The van der Waals surface area contributed by atoms with Crippen LogP contribution in [0.4, 0.5) is 5.00 Å². The Morgan fingerprint density at radius 3 is 2.41 bits per heavy atom. The molecule has 1 aliphatic rings. The Kier molecular flexibility index (Phi) is 8.48. The largest absolute Gasteiger partial charge is 0.489 e. The Morgan fingerprint density at radius 1 is 1.03 bits per heavy atom. The van der Waals surface area contributed by atoms with Crippen LogP contribution in [0.25, 0.3) is 0 Å². The zero-order chi connectivity index (χ0) is 26.5. The first kappa shape index (κ1) is 26.7. The van der Waals surface area contributed by atoms with Crippen LogP contribution in [0.5, 0.6) is 5.75 Å². The van der Waals surface area contributed by atoms with Crippen molar-refractivity contribution in [1.82, 2.24) is 5.43 Å². The normalized spacial score (nSPS) is 12.6. The second kappa shape index (κ2) is 11.8. The molecule has 3 aromatic rings. The van der Waals surface area contributed by atoms with Gasteiger partial charge in [-0.2, -0.15) is 5.10 Å². The van der Waals surface area contributed by atoms with Crippen LogP contribution < -0.4 is 15.5 Å². The average molecular weight is 560 g/mol. The van der Waals surface area contributed by atoms with Gasteiger partial charge in [-0.25, -0.2) is 10.2 Å². The van der Waals surface area contributed by atoms with E-state index >= 15 is 0 Å². The number of esters is 1. The van der Waals surface area contributed by atoms with E-state index in [1.807, 2.05) is 0 Å². The summed E-state index contributed by atoms with van der Waals surface area (Å²) in [5, 5.41) is 7.90. The number of aryl methyl sites for hydroxylation is 1. The van der Waals surface area contributed by atoms with Gasteiger partial charge in [-0.3, -0.25) is 9.59 Å². The van der Waals surface area contributed by atoms with Crippen molar-refractivity contribution in [3.8, 4) is 5.75 Å². The molecule has 1 heterocycles. The fraction of sp³-hybridized carbons (Fsp3) is 0.231. The van der Waals surface area contributed by atoms with Crippen molar-refractivity contribution >= 4 is 63.0 Å². The molecule has 0 radical (unpaired) electrons. The summed E-state index contributed by atoms with van der Waals surface area (Å²) in [4.78, 5) is 38.1. The highest BCUT2D eigenvalue weighted by Gasteiger charge is 2.29. The average Bonchev–Trinajstić information content (AvgIpc) is 3.47. The number of nitrogens with one attached hydrogen (secondary N) is 2. The van der Waals surface area contributed by atoms with Gasteiger partial charge in [-0.05, 0) is 73.7 Å². The van der Waals surface area contributed by atoms with Crippen LogP contribution in [0, 0.1) is 0 Å². The smallest absolute Gasteiger partial charge is 0.341 e. The lowest BCUT2D eigenvalue weighted by molar-refractivity contribution is -0.136. The maximum atomic E-state index is 12.5. The van der Waals surface area contributed by atoms with Gasteiger partial charge < -0.3 is 14.8 Å². The van der Waals surface area contributed by atoms with E-state index in [0.717, 1.165) is 29.7 Å². The van der Waals surface area contributed by atoms with Crippen molar-refractivity contribution in [3.05, 3.63) is 79.6 Å². The van der Waals surface area contributed by atoms with Crippen molar-refractivity contribution in [2.75, 3.05) is 12.4 Å². The third-order valence-corrected chi connectivity index (χ3v) is 7.70. The molecule has 0 aliphatic heterocycles. The van der Waals surface area contributed by atoms with Gasteiger partial charge in [0.05, 0.1) is 18.4 Å². The third-order valence-electron chi connectivity index (χ3n) is 5.79. The number of amides is 2. The molecular weight excluding hydrogens is 537 g/mol. The number of halogens is 2. The number of fused-ring (bicyclic) bond motifs is 1. The number of carbonyl (C=O) groups excluding carboxylic acids is 3. The summed E-state index contributed by atoms with van der Waals surface area (Å²) in [5.74, 6) is -1.82. The number of hydrogen-bond acceptors (Lipinski definition) is 7. The molecule has 0 spiro atoms. The van der Waals surface area contributed by atoms with Gasteiger partial charge in [0.2, 0.25) is 0 Å². The Bertz CT molecular complexity index is 1370. The number of methoxy groups -OCH3 is 1. The molecule has 2 N–H and O–H groups in total. The molecule has 0 atom stereocenters. The SMILES string of the molecule is COC(=O)c1c(NC(=O)C(=O)NN=C(C)c2ccc(OCc3c(Cl)cccc3Cl)cc2)sc2c1CCC2. The highest BCUT2D eigenvalue weighted by molar-refractivity contribution is 7.17. The number of benzene rings is 2. The number of carbonyl (C=O) groups is 3. The van der Waals surface area contributed by atoms with Crippen LogP contribution in [0.3, 0.4) is 0 Å². The second-order valence-corrected chi connectivity index (χ2v) is 10.1. The minimum atomic E-state index is -0.958. The summed E-state index contributed by atoms with van der Waals surface area (Å²) < 4.78 is 10.6. The summed E-state index contributed by atoms with van der Waals surface area (Å²) in [6.07, 6.45) is 2.50. The predicted molar refractivity (Wildman–Crippen MR) is 144 cm³/mol. The predicted octanol–water partition coefficient (Wildman–Crippen LogP) is 5.39. The van der Waals surface area contributed by atoms with Crippen LogP contribution >= 0.6 is 34.5 Å². The fourth-order valence-electron chi connectivity index (χ4n) is 3.84. The molecular formula is C26H23Cl2N3O5S. The van der Waals surface area contributed by atoms with Gasteiger partial charge in [0.25, 0.3) is 0 Å². The Hall–Kier alpha value is -3.40. The molecule has 0 saturated carbocycles. The van der Waals surface area contributed by atoms with Crippen molar-refractivity contribution < 1.29 is 23.9 Å². The summed E-state index contributed by atoms with van der Waals surface area (Å²) in [5.41, 5.74) is 5.34. The lowest BCUT2D eigenvalue weighted by Gasteiger charge is -2.10. The maximum absolute atomic E-state index is 12.5. The topological polar surface area (TPSA) is 106 Å². The first-order valence-corrected chi connectivity index (χ1v) is 12.9. The maximum Gasteiger partial charge on any atom is 0.341 e. The number of anilines is 1. The Labute approximate surface area is 227 Å². The van der Waals surface area contributed by atoms with Crippen LogP contribution in [0.2, 0.25) is 10.0 Å². The number of rotatable bonds is 7. The molecule has 2 amide bonds. The standard InChI is InChI=1S/C26H23Cl2N3O5S/c1-14(15-9-11-16(12-10-15)36-13-18-19(27)6-4-7-20(18)28)30-31-24(33)23(32)29-25-22(26(34)35-2)17-5-3-8-21(17)37-25/h4,6-7,9-12H,3,5,8,13H2,1-2H3,(H,29,32)(H,31,33). The number of nitrogens with zero attached hydrogens (tertiary/aromatic N) is 1. The summed E-state index contributed by atoms with van der Waals surface area (Å²) in [6, 6.07) is 12.3. The first-order chi connectivity index (χ1) is 17.8. The monoisotopic (exact) mass is 559 g/mol. The summed E-state index contributed by atoms with van der Waals surface area (Å²) in [6.45, 7) is 1.90. The molecule has 1 aliphatic carbocycles. The molecule has 192 valence electrons. The van der Waals surface area contributed by atoms with Crippen LogP contribution in [0.1, 0.15) is 45.3 Å². The molecule has 1 aromatic heterocycles. The Morgan fingerprint density at radius 2 is 1.73 bits per heavy atom. The van der Waals surface area contributed by atoms with Crippen LogP contribution in [-0.4, -0.2) is 30.6 Å². The highest BCUT2D eigenvalue weighted by Crippen LogP contribution is 2.39. The van der Waals surface area contributed by atoms with Crippen LogP contribution in [-0.2, 0) is 33.8 Å². The van der Waals surface area contributed by atoms with Gasteiger partial charge in [0, 0.05) is 20.5 Å². The molecule has 0 unspecified atom stereocenters. The number of ether oxygens (including phenoxy) is 2. The number of hydrogen-bond donors (Lipinski definition) is 2. The lowest BCUT2D eigenvalue weighted by atomic mass is 10.1. The molecule has 37 heavy (non-hydrogen) atoms. The van der Waals surface area contributed by atoms with Crippen molar-refractivity contribution in [2.45, 2.75) is 32.8 Å². The van der Waals surface area contributed by atoms with Gasteiger partial charge in [-0.1, -0.05) is 29.3 Å². The third kappa shape index (κ3) is 6.12. The van der Waals surface area contributed by atoms with Crippen molar-refractivity contribution in [2.24, 2.45) is 5.10 Å². The first-order valence-electron chi connectivity index (χ1n) is 11.3. The van der Waals surface area contributed by atoms with E-state index < -0.39 is 17.8 Å². The van der Waals surface area contributed by atoms with E-state index in [1.54, 1.807) is 49.4 Å². The van der Waals surface area contributed by atoms with Crippen molar-refractivity contribution in [1.29, 1.82) is 0 Å². The second-order valence-electron chi connectivity index (χ2n) is 8.16. The highest BCUT2D eigenvalue weighted by atomic mass is 35.5. The Balaban J connectivity index is 1.35. The van der Waals surface area contributed by atoms with E-state index in [4.69, 9.17) is 32.7 Å². The van der Waals surface area contributed by atoms with E-state index in [2.05, 4.69) is 15.8 Å². The van der Waals surface area contributed by atoms with Crippen molar-refractivity contribution in [3.63, 3.8) is 0 Å². The number of thiophene rings is 1.